The summed E-state index contributed by atoms with van der Waals surface area (Å²) in [5, 5.41) is 12.0. The van der Waals surface area contributed by atoms with Crippen molar-refractivity contribution >= 4 is 46.3 Å². The molecule has 1 saturated carbocycles. The molecule has 3 atom stereocenters. The van der Waals surface area contributed by atoms with Gasteiger partial charge in [0.2, 0.25) is 29.5 Å². The van der Waals surface area contributed by atoms with Crippen LogP contribution in [0.3, 0.4) is 0 Å². The van der Waals surface area contributed by atoms with Crippen molar-refractivity contribution in [1.29, 1.82) is 0 Å². The van der Waals surface area contributed by atoms with Crippen molar-refractivity contribution in [2.24, 2.45) is 11.8 Å². The zero-order valence-corrected chi connectivity index (χ0v) is 35.4. The number of rotatable bonds is 22. The highest BCUT2D eigenvalue weighted by Crippen LogP contribution is 2.38. The number of amides is 5. The summed E-state index contributed by atoms with van der Waals surface area (Å²) in [6, 6.07) is 5.83. The Kier molecular flexibility index (Phi) is 17.0. The van der Waals surface area contributed by atoms with E-state index in [1.807, 2.05) is 13.0 Å². The Morgan fingerprint density at radius 3 is 2.32 bits per heavy atom. The number of benzene rings is 1. The molecule has 1 aromatic carbocycles. The number of likely N-dealkylation sites (tertiary alicyclic amines) is 2. The van der Waals surface area contributed by atoms with Crippen LogP contribution in [0.25, 0.3) is 10.9 Å². The predicted molar refractivity (Wildman–Crippen MR) is 223 cm³/mol. The van der Waals surface area contributed by atoms with Gasteiger partial charge in [0.1, 0.15) is 18.2 Å². The van der Waals surface area contributed by atoms with E-state index in [0.717, 1.165) is 17.7 Å². The molecule has 6 rings (SSSR count). The maximum absolute atomic E-state index is 13.3. The molecule has 2 saturated heterocycles. The van der Waals surface area contributed by atoms with Crippen molar-refractivity contribution in [2.45, 2.75) is 76.2 Å². The Balaban J connectivity index is 0.755. The lowest BCUT2D eigenvalue weighted by Crippen LogP contribution is -2.43. The van der Waals surface area contributed by atoms with Gasteiger partial charge in [-0.2, -0.15) is 13.2 Å². The van der Waals surface area contributed by atoms with Gasteiger partial charge >= 0.3 is 6.18 Å². The minimum absolute atomic E-state index is 0.0287. The van der Waals surface area contributed by atoms with Crippen LogP contribution < -0.4 is 21.3 Å². The molecule has 0 radical (unpaired) electrons. The van der Waals surface area contributed by atoms with Crippen LogP contribution in [0.1, 0.15) is 69.0 Å². The quantitative estimate of drug-likeness (QED) is 0.108. The number of nitrogens with one attached hydrogen (secondary N) is 4. The fourth-order valence-electron chi connectivity index (χ4n) is 8.31. The number of anilines is 1. The summed E-state index contributed by atoms with van der Waals surface area (Å²) in [5.41, 5.74) is 0.328. The fraction of sp³-hybridized carbons (Fsp3) is 0.581. The lowest BCUT2D eigenvalue weighted by molar-refractivity contribution is -0.137. The van der Waals surface area contributed by atoms with Crippen LogP contribution in [0, 0.1) is 11.8 Å². The number of carbonyl (C=O) groups is 5. The molecular formula is C43H56F3N9O8. The SMILES string of the molecule is CCN1C(=O)C[C@H](C(=O)NCCOCCOCCOCCC(=O)N[C@H]2CC[C@@H](C(=O)NCCN3CC[C@H](Nc4ncnc5ccc(C(F)(F)F)cc45)C3=O)CC2)[C@H]1c1cccnc1. The number of carbonyl (C=O) groups excluding carboxylic acids is 5. The van der Waals surface area contributed by atoms with Gasteiger partial charge in [-0.3, -0.25) is 29.0 Å². The number of halogens is 3. The maximum atomic E-state index is 13.3. The van der Waals surface area contributed by atoms with Gasteiger partial charge < -0.3 is 45.3 Å². The number of fused-ring (bicyclic) bond motifs is 1. The third kappa shape index (κ3) is 13.0. The highest BCUT2D eigenvalue weighted by atomic mass is 19.4. The van der Waals surface area contributed by atoms with Crippen molar-refractivity contribution in [1.82, 2.24) is 40.7 Å². The molecule has 2 aromatic heterocycles. The van der Waals surface area contributed by atoms with Crippen molar-refractivity contribution in [3.63, 3.8) is 0 Å². The highest BCUT2D eigenvalue weighted by molar-refractivity contribution is 5.93. The number of aromatic nitrogens is 3. The first kappa shape index (κ1) is 47.0. The number of hydrogen-bond donors (Lipinski definition) is 4. The van der Waals surface area contributed by atoms with Gasteiger partial charge in [-0.15, -0.1) is 0 Å². The zero-order chi connectivity index (χ0) is 44.8. The number of hydrogen-bond acceptors (Lipinski definition) is 12. The number of pyridine rings is 1. The Bertz CT molecular complexity index is 2020. The smallest absolute Gasteiger partial charge is 0.379 e. The van der Waals surface area contributed by atoms with Crippen LogP contribution in [-0.4, -0.2) is 139 Å². The van der Waals surface area contributed by atoms with E-state index in [0.29, 0.717) is 96.8 Å². The van der Waals surface area contributed by atoms with E-state index in [1.165, 1.54) is 12.4 Å². The molecular weight excluding hydrogens is 828 g/mol. The molecule has 3 fully saturated rings. The molecule has 1 aliphatic carbocycles. The maximum Gasteiger partial charge on any atom is 0.416 e. The first-order valence-corrected chi connectivity index (χ1v) is 21.6. The van der Waals surface area contributed by atoms with E-state index < -0.39 is 23.7 Å². The van der Waals surface area contributed by atoms with E-state index in [1.54, 1.807) is 28.3 Å². The molecule has 342 valence electrons. The van der Waals surface area contributed by atoms with E-state index in [4.69, 9.17) is 14.2 Å². The molecule has 0 spiro atoms. The largest absolute Gasteiger partial charge is 0.416 e. The van der Waals surface area contributed by atoms with Gasteiger partial charge in [0.05, 0.1) is 62.7 Å². The lowest BCUT2D eigenvalue weighted by Gasteiger charge is -2.28. The van der Waals surface area contributed by atoms with Gasteiger partial charge in [-0.25, -0.2) is 9.97 Å². The van der Waals surface area contributed by atoms with Crippen LogP contribution in [-0.2, 0) is 44.4 Å². The lowest BCUT2D eigenvalue weighted by atomic mass is 9.85. The second-order valence-electron chi connectivity index (χ2n) is 15.8. The van der Waals surface area contributed by atoms with E-state index in [-0.39, 0.29) is 84.7 Å². The van der Waals surface area contributed by atoms with Gasteiger partial charge in [0.15, 0.2) is 0 Å². The van der Waals surface area contributed by atoms with Gasteiger partial charge in [-0.05, 0) is 68.9 Å². The summed E-state index contributed by atoms with van der Waals surface area (Å²) >= 11 is 0. The third-order valence-electron chi connectivity index (χ3n) is 11.6. The van der Waals surface area contributed by atoms with Crippen LogP contribution in [0.4, 0.5) is 19.0 Å². The minimum atomic E-state index is -4.53. The summed E-state index contributed by atoms with van der Waals surface area (Å²) in [7, 11) is 0. The summed E-state index contributed by atoms with van der Waals surface area (Å²) in [6.07, 6.45) is 3.40. The summed E-state index contributed by atoms with van der Waals surface area (Å²) in [5.74, 6) is -1.23. The van der Waals surface area contributed by atoms with Crippen molar-refractivity contribution in [3.05, 3.63) is 60.2 Å². The topological polar surface area (TPSA) is 206 Å². The molecule has 20 heteroatoms. The van der Waals surface area contributed by atoms with Crippen LogP contribution in [0.15, 0.2) is 49.1 Å². The van der Waals surface area contributed by atoms with Gasteiger partial charge in [0, 0.05) is 75.3 Å². The average Bonchev–Trinajstić information content (AvgIpc) is 3.81. The molecule has 17 nitrogen and oxygen atoms in total. The minimum Gasteiger partial charge on any atom is -0.379 e. The Labute approximate surface area is 363 Å². The summed E-state index contributed by atoms with van der Waals surface area (Å²) in [4.78, 5) is 79.6. The first-order valence-electron chi connectivity index (χ1n) is 21.6. The third-order valence-corrected chi connectivity index (χ3v) is 11.6. The second-order valence-corrected chi connectivity index (χ2v) is 15.8. The van der Waals surface area contributed by atoms with E-state index >= 15 is 0 Å². The molecule has 2 aliphatic heterocycles. The molecule has 3 aliphatic rings. The van der Waals surface area contributed by atoms with Crippen LogP contribution >= 0.6 is 0 Å². The van der Waals surface area contributed by atoms with Crippen LogP contribution in [0.5, 0.6) is 0 Å². The number of nitrogens with zero attached hydrogens (tertiary/aromatic N) is 5. The molecule has 3 aromatic rings. The molecule has 4 heterocycles. The molecule has 63 heavy (non-hydrogen) atoms. The number of ether oxygens (including phenoxy) is 3. The van der Waals surface area contributed by atoms with Gasteiger partial charge in [-0.1, -0.05) is 6.07 Å². The summed E-state index contributed by atoms with van der Waals surface area (Å²) in [6.45, 7) is 5.55. The Hall–Kier alpha value is -5.47. The molecule has 0 bridgehead atoms. The van der Waals surface area contributed by atoms with E-state index in [9.17, 15) is 37.1 Å². The Morgan fingerprint density at radius 1 is 0.873 bits per heavy atom. The van der Waals surface area contributed by atoms with Crippen molar-refractivity contribution < 1.29 is 51.4 Å². The molecule has 4 N–H and O–H groups in total. The zero-order valence-electron chi connectivity index (χ0n) is 35.4. The fourth-order valence-corrected chi connectivity index (χ4v) is 8.31. The number of alkyl halides is 3. The van der Waals surface area contributed by atoms with Crippen molar-refractivity contribution in [3.8, 4) is 0 Å². The normalized spacial score (nSPS) is 21.5. The van der Waals surface area contributed by atoms with E-state index in [2.05, 4.69) is 36.2 Å². The summed E-state index contributed by atoms with van der Waals surface area (Å²) < 4.78 is 56.6. The first-order chi connectivity index (χ1) is 30.4. The standard InChI is InChI=1S/C43H56F3N9O8/c1-2-55-37(57)25-33(38(55)29-4-3-13-47-26-29)41(59)49-15-19-62-21-23-63-22-20-61-18-12-36(56)52-31-8-5-28(6-9-31)40(58)48-14-17-54-16-11-35(42(54)60)53-39-32-24-30(43(44,45)46)7-10-34(32)50-27-51-39/h3-4,7,10,13,24,26-28,31,33,35,38H,2,5-6,8-9,11-12,14-23,25H2,1H3,(H,48,58)(H,49,59)(H,52,56)(H,50,51,53)/t28-,31+,33-,35-,38+/m0/s1. The average molecular weight is 884 g/mol. The monoisotopic (exact) mass is 883 g/mol. The predicted octanol–water partition coefficient (Wildman–Crippen LogP) is 3.01. The van der Waals surface area contributed by atoms with Crippen molar-refractivity contribution in [2.75, 3.05) is 77.7 Å². The molecule has 0 unspecified atom stereocenters. The molecule has 5 amide bonds. The second kappa shape index (κ2) is 22.8. The van der Waals surface area contributed by atoms with Crippen LogP contribution in [0.2, 0.25) is 0 Å². The Morgan fingerprint density at radius 2 is 1.60 bits per heavy atom. The van der Waals surface area contributed by atoms with Gasteiger partial charge in [0.25, 0.3) is 0 Å². The highest BCUT2D eigenvalue weighted by Gasteiger charge is 2.44.